The van der Waals surface area contributed by atoms with Gasteiger partial charge < -0.3 is 0 Å². The van der Waals surface area contributed by atoms with Crippen molar-refractivity contribution in [2.45, 2.75) is 12.8 Å². The molecular formula is C16H10F2O2. The summed E-state index contributed by atoms with van der Waals surface area (Å²) in [5.41, 5.74) is 0.915. The molecular weight excluding hydrogens is 262 g/mol. The summed E-state index contributed by atoms with van der Waals surface area (Å²) in [6.45, 7) is 1.37. The van der Waals surface area contributed by atoms with E-state index < -0.39 is 17.6 Å². The third-order valence-electron chi connectivity index (χ3n) is 3.67. The SMILES string of the molecule is Cc1c(C2C(=O)c3ccccc3C2=O)ccc(F)c1F. The van der Waals surface area contributed by atoms with Gasteiger partial charge in [-0.25, -0.2) is 8.78 Å². The van der Waals surface area contributed by atoms with Gasteiger partial charge in [0.15, 0.2) is 23.2 Å². The van der Waals surface area contributed by atoms with Gasteiger partial charge in [0.25, 0.3) is 0 Å². The molecule has 0 radical (unpaired) electrons. The molecule has 4 heteroatoms. The van der Waals surface area contributed by atoms with Crippen molar-refractivity contribution in [2.75, 3.05) is 0 Å². The van der Waals surface area contributed by atoms with Crippen LogP contribution >= 0.6 is 0 Å². The number of benzene rings is 2. The molecule has 0 heterocycles. The highest BCUT2D eigenvalue weighted by atomic mass is 19.2. The molecule has 0 saturated carbocycles. The molecule has 2 nitrogen and oxygen atoms in total. The minimum atomic E-state index is -1.07. The summed E-state index contributed by atoms with van der Waals surface area (Å²) in [5.74, 6) is -3.79. The number of hydrogen-bond donors (Lipinski definition) is 0. The molecule has 100 valence electrons. The molecule has 2 aromatic rings. The highest BCUT2D eigenvalue weighted by Crippen LogP contribution is 2.36. The van der Waals surface area contributed by atoms with Crippen LogP contribution in [-0.4, -0.2) is 11.6 Å². The fourth-order valence-corrected chi connectivity index (χ4v) is 2.61. The fourth-order valence-electron chi connectivity index (χ4n) is 2.61. The first-order valence-electron chi connectivity index (χ1n) is 6.14. The van der Waals surface area contributed by atoms with Crippen LogP contribution in [0.4, 0.5) is 8.78 Å². The molecule has 0 unspecified atom stereocenters. The smallest absolute Gasteiger partial charge is 0.178 e. The fraction of sp³-hybridized carbons (Fsp3) is 0.125. The lowest BCUT2D eigenvalue weighted by Crippen LogP contribution is -2.15. The van der Waals surface area contributed by atoms with E-state index >= 15 is 0 Å². The van der Waals surface area contributed by atoms with Gasteiger partial charge in [0.05, 0.1) is 0 Å². The Kier molecular flexibility index (Phi) is 2.74. The van der Waals surface area contributed by atoms with Crippen LogP contribution in [0, 0.1) is 18.6 Å². The average molecular weight is 272 g/mol. The zero-order chi connectivity index (χ0) is 14.4. The highest BCUT2D eigenvalue weighted by molar-refractivity contribution is 6.29. The predicted octanol–water partition coefficient (Wildman–Crippen LogP) is 3.44. The average Bonchev–Trinajstić information content (AvgIpc) is 2.70. The minimum absolute atomic E-state index is 0.00417. The Morgan fingerprint density at radius 1 is 0.900 bits per heavy atom. The van der Waals surface area contributed by atoms with E-state index in [1.807, 2.05) is 0 Å². The molecule has 0 aromatic heterocycles. The molecule has 0 saturated heterocycles. The van der Waals surface area contributed by atoms with Gasteiger partial charge in [0, 0.05) is 11.1 Å². The molecule has 0 fully saturated rings. The summed E-state index contributed by atoms with van der Waals surface area (Å²) in [7, 11) is 0. The van der Waals surface area contributed by atoms with Crippen LogP contribution < -0.4 is 0 Å². The van der Waals surface area contributed by atoms with E-state index in [9.17, 15) is 18.4 Å². The lowest BCUT2D eigenvalue weighted by Gasteiger charge is -2.11. The van der Waals surface area contributed by atoms with Crippen LogP contribution in [-0.2, 0) is 0 Å². The van der Waals surface area contributed by atoms with Crippen LogP contribution in [0.2, 0.25) is 0 Å². The van der Waals surface area contributed by atoms with Crippen molar-refractivity contribution in [3.05, 3.63) is 70.3 Å². The quantitative estimate of drug-likeness (QED) is 0.745. The molecule has 1 aliphatic carbocycles. The normalized spacial score (nSPS) is 14.8. The van der Waals surface area contributed by atoms with Crippen molar-refractivity contribution < 1.29 is 18.4 Å². The van der Waals surface area contributed by atoms with Crippen molar-refractivity contribution >= 4 is 11.6 Å². The Balaban J connectivity index is 2.17. The van der Waals surface area contributed by atoms with Gasteiger partial charge in [-0.15, -0.1) is 0 Å². The number of hydrogen-bond acceptors (Lipinski definition) is 2. The first-order valence-corrected chi connectivity index (χ1v) is 6.14. The largest absolute Gasteiger partial charge is 0.293 e. The van der Waals surface area contributed by atoms with E-state index in [1.54, 1.807) is 24.3 Å². The molecule has 0 aliphatic heterocycles. The second-order valence-corrected chi connectivity index (χ2v) is 4.78. The number of ketones is 2. The maximum atomic E-state index is 13.6. The first-order chi connectivity index (χ1) is 9.52. The van der Waals surface area contributed by atoms with Gasteiger partial charge in [-0.3, -0.25) is 9.59 Å². The first kappa shape index (κ1) is 12.7. The van der Waals surface area contributed by atoms with Gasteiger partial charge in [-0.05, 0) is 24.1 Å². The molecule has 0 spiro atoms. The summed E-state index contributed by atoms with van der Waals surface area (Å²) in [6, 6.07) is 8.74. The van der Waals surface area contributed by atoms with E-state index in [2.05, 4.69) is 0 Å². The van der Waals surface area contributed by atoms with Crippen molar-refractivity contribution in [3.8, 4) is 0 Å². The van der Waals surface area contributed by atoms with Crippen molar-refractivity contribution in [1.82, 2.24) is 0 Å². The molecule has 1 aliphatic rings. The maximum absolute atomic E-state index is 13.6. The topological polar surface area (TPSA) is 34.1 Å². The molecule has 0 N–H and O–H groups in total. The minimum Gasteiger partial charge on any atom is -0.293 e. The van der Waals surface area contributed by atoms with Crippen molar-refractivity contribution in [3.63, 3.8) is 0 Å². The van der Waals surface area contributed by atoms with Crippen LogP contribution in [0.3, 0.4) is 0 Å². The lowest BCUT2D eigenvalue weighted by atomic mass is 9.90. The monoisotopic (exact) mass is 272 g/mol. The number of Topliss-reactive ketones (excluding diaryl/α,β-unsaturated/α-hetero) is 2. The summed E-state index contributed by atoms with van der Waals surface area (Å²) >= 11 is 0. The Morgan fingerprint density at radius 2 is 1.45 bits per heavy atom. The highest BCUT2D eigenvalue weighted by Gasteiger charge is 2.40. The van der Waals surface area contributed by atoms with Crippen LogP contribution in [0.5, 0.6) is 0 Å². The second kappa shape index (κ2) is 4.34. The van der Waals surface area contributed by atoms with E-state index in [4.69, 9.17) is 0 Å². The van der Waals surface area contributed by atoms with Crippen LogP contribution in [0.1, 0.15) is 37.8 Å². The summed E-state index contributed by atoms with van der Waals surface area (Å²) < 4.78 is 26.8. The molecule has 20 heavy (non-hydrogen) atoms. The Morgan fingerprint density at radius 3 is 2.00 bits per heavy atom. The summed E-state index contributed by atoms with van der Waals surface area (Å²) in [6.07, 6.45) is 0. The standard InChI is InChI=1S/C16H10F2O2/c1-8-9(6-7-12(17)14(8)18)13-15(19)10-4-2-3-5-11(10)16(13)20/h2-7,13H,1H3. The number of fused-ring (bicyclic) bond motifs is 1. The van der Waals surface area contributed by atoms with Crippen LogP contribution in [0.25, 0.3) is 0 Å². The maximum Gasteiger partial charge on any atom is 0.178 e. The third kappa shape index (κ3) is 1.61. The summed E-state index contributed by atoms with van der Waals surface area (Å²) in [4.78, 5) is 24.6. The predicted molar refractivity (Wildman–Crippen MR) is 68.9 cm³/mol. The van der Waals surface area contributed by atoms with Crippen molar-refractivity contribution in [2.24, 2.45) is 0 Å². The number of halogens is 2. The van der Waals surface area contributed by atoms with E-state index in [0.717, 1.165) is 6.07 Å². The van der Waals surface area contributed by atoms with Gasteiger partial charge in [-0.2, -0.15) is 0 Å². The van der Waals surface area contributed by atoms with E-state index in [1.165, 1.54) is 13.0 Å². The molecule has 2 aromatic carbocycles. The molecule has 0 atom stereocenters. The van der Waals surface area contributed by atoms with Crippen LogP contribution in [0.15, 0.2) is 36.4 Å². The lowest BCUT2D eigenvalue weighted by molar-refractivity contribution is 0.0889. The number of carbonyl (C=O) groups excluding carboxylic acids is 2. The van der Waals surface area contributed by atoms with E-state index in [-0.39, 0.29) is 22.7 Å². The Bertz CT molecular complexity index is 715. The Hall–Kier alpha value is -2.36. The third-order valence-corrected chi connectivity index (χ3v) is 3.67. The Labute approximate surface area is 114 Å². The van der Waals surface area contributed by atoms with E-state index in [0.29, 0.717) is 11.1 Å². The summed E-state index contributed by atoms with van der Waals surface area (Å²) in [5, 5.41) is 0. The second-order valence-electron chi connectivity index (χ2n) is 4.78. The molecule has 0 amide bonds. The molecule has 3 rings (SSSR count). The number of carbonyl (C=O) groups is 2. The zero-order valence-electron chi connectivity index (χ0n) is 10.6. The van der Waals surface area contributed by atoms with Gasteiger partial charge >= 0.3 is 0 Å². The molecule has 0 bridgehead atoms. The van der Waals surface area contributed by atoms with Gasteiger partial charge in [0.1, 0.15) is 5.92 Å². The van der Waals surface area contributed by atoms with Gasteiger partial charge in [0.2, 0.25) is 0 Å². The number of rotatable bonds is 1. The van der Waals surface area contributed by atoms with Crippen molar-refractivity contribution in [1.29, 1.82) is 0 Å². The zero-order valence-corrected chi connectivity index (χ0v) is 10.6. The van der Waals surface area contributed by atoms with Gasteiger partial charge in [-0.1, -0.05) is 30.3 Å².